The number of likely N-dealkylation sites (N-methyl/N-ethyl adjacent to an activating group) is 1. The Morgan fingerprint density at radius 3 is 2.78 bits per heavy atom. The second-order valence-electron chi connectivity index (χ2n) is 3.92. The molecule has 0 saturated carbocycles. The van der Waals surface area contributed by atoms with Gasteiger partial charge in [-0.05, 0) is 13.1 Å². The second-order valence-corrected chi connectivity index (χ2v) is 3.92. The van der Waals surface area contributed by atoms with Gasteiger partial charge in [-0.25, -0.2) is 13.2 Å². The maximum atomic E-state index is 13.4. The van der Waals surface area contributed by atoms with E-state index >= 15 is 0 Å². The van der Waals surface area contributed by atoms with Gasteiger partial charge in [0.15, 0.2) is 11.6 Å². The molecule has 0 unspecified atom stereocenters. The van der Waals surface area contributed by atoms with Crippen molar-refractivity contribution in [3.8, 4) is 0 Å². The van der Waals surface area contributed by atoms with E-state index in [0.29, 0.717) is 0 Å². The highest BCUT2D eigenvalue weighted by Gasteiger charge is 2.11. The molecule has 0 fully saturated rings. The number of amides is 1. The van der Waals surface area contributed by atoms with Crippen molar-refractivity contribution in [1.29, 1.82) is 0 Å². The van der Waals surface area contributed by atoms with Crippen molar-refractivity contribution < 1.29 is 18.0 Å². The lowest BCUT2D eigenvalue weighted by atomic mass is 10.2. The molecule has 18 heavy (non-hydrogen) atoms. The Hall–Kier alpha value is -1.56. The first-order valence-corrected chi connectivity index (χ1v) is 5.48. The average molecular weight is 260 g/mol. The summed E-state index contributed by atoms with van der Waals surface area (Å²) in [6.45, 7) is -0.572. The molecule has 1 aromatic rings. The molecular formula is C12H15F3N2O. The lowest BCUT2D eigenvalue weighted by Gasteiger charge is -2.16. The molecule has 0 saturated heterocycles. The molecule has 1 rings (SSSR count). The zero-order valence-electron chi connectivity index (χ0n) is 10.0. The summed E-state index contributed by atoms with van der Waals surface area (Å²) in [6.07, 6.45) is 0. The normalized spacial score (nSPS) is 10.7. The molecule has 0 aliphatic heterocycles. The topological polar surface area (TPSA) is 32.3 Å². The van der Waals surface area contributed by atoms with Crippen LogP contribution in [-0.4, -0.2) is 37.6 Å². The second kappa shape index (κ2) is 7.00. The number of carbonyl (C=O) groups excluding carboxylic acids is 1. The summed E-state index contributed by atoms with van der Waals surface area (Å²) in [4.78, 5) is 12.8. The number of nitrogens with one attached hydrogen (secondary N) is 1. The van der Waals surface area contributed by atoms with Crippen LogP contribution in [0.3, 0.4) is 0 Å². The number of alkyl halides is 1. The van der Waals surface area contributed by atoms with Crippen LogP contribution in [0.15, 0.2) is 18.2 Å². The van der Waals surface area contributed by atoms with E-state index in [1.165, 1.54) is 17.0 Å². The van der Waals surface area contributed by atoms with Gasteiger partial charge in [0.2, 0.25) is 5.91 Å². The fourth-order valence-corrected chi connectivity index (χ4v) is 1.50. The van der Waals surface area contributed by atoms with Crippen LogP contribution in [0.1, 0.15) is 5.56 Å². The molecule has 1 amide bonds. The van der Waals surface area contributed by atoms with Crippen LogP contribution < -0.4 is 5.32 Å². The molecule has 0 heterocycles. The third-order valence-corrected chi connectivity index (χ3v) is 2.30. The van der Waals surface area contributed by atoms with Crippen molar-refractivity contribution in [2.45, 2.75) is 6.54 Å². The quantitative estimate of drug-likeness (QED) is 0.840. The largest absolute Gasteiger partial charge is 0.352 e. The molecule has 0 bridgehead atoms. The highest BCUT2D eigenvalue weighted by molar-refractivity contribution is 5.77. The van der Waals surface area contributed by atoms with Crippen molar-refractivity contribution in [3.05, 3.63) is 35.4 Å². The Balaban J connectivity index is 2.51. The summed E-state index contributed by atoms with van der Waals surface area (Å²) in [6, 6.07) is 3.89. The van der Waals surface area contributed by atoms with E-state index in [9.17, 15) is 18.0 Å². The Kier molecular flexibility index (Phi) is 5.64. The molecule has 0 spiro atoms. The van der Waals surface area contributed by atoms with Crippen molar-refractivity contribution >= 4 is 5.91 Å². The SMILES string of the molecule is CN(CC(=O)NCCF)Cc1cccc(F)c1F. The molecule has 0 radical (unpaired) electrons. The number of hydrogen-bond donors (Lipinski definition) is 1. The first-order valence-electron chi connectivity index (χ1n) is 5.48. The summed E-state index contributed by atoms with van der Waals surface area (Å²) in [5.41, 5.74) is 0.177. The van der Waals surface area contributed by atoms with Gasteiger partial charge in [-0.1, -0.05) is 12.1 Å². The van der Waals surface area contributed by atoms with Crippen molar-refractivity contribution in [1.82, 2.24) is 10.2 Å². The van der Waals surface area contributed by atoms with Crippen LogP contribution in [-0.2, 0) is 11.3 Å². The smallest absolute Gasteiger partial charge is 0.234 e. The number of benzene rings is 1. The minimum absolute atomic E-state index is 0.00401. The number of hydrogen-bond acceptors (Lipinski definition) is 2. The van der Waals surface area contributed by atoms with Gasteiger partial charge in [-0.15, -0.1) is 0 Å². The van der Waals surface area contributed by atoms with Gasteiger partial charge in [0.25, 0.3) is 0 Å². The van der Waals surface area contributed by atoms with Crippen molar-refractivity contribution in [2.24, 2.45) is 0 Å². The Bertz CT molecular complexity index is 412. The van der Waals surface area contributed by atoms with Crippen LogP contribution in [0, 0.1) is 11.6 Å². The van der Waals surface area contributed by atoms with Crippen molar-refractivity contribution in [2.75, 3.05) is 26.8 Å². The number of halogens is 3. The molecular weight excluding hydrogens is 245 g/mol. The van der Waals surface area contributed by atoms with Crippen LogP contribution in [0.5, 0.6) is 0 Å². The lowest BCUT2D eigenvalue weighted by Crippen LogP contribution is -2.35. The van der Waals surface area contributed by atoms with Crippen LogP contribution in [0.25, 0.3) is 0 Å². The molecule has 0 atom stereocenters. The van der Waals surface area contributed by atoms with E-state index < -0.39 is 18.3 Å². The van der Waals surface area contributed by atoms with Gasteiger partial charge in [-0.2, -0.15) is 0 Å². The first kappa shape index (κ1) is 14.5. The van der Waals surface area contributed by atoms with Gasteiger partial charge in [0.05, 0.1) is 6.54 Å². The summed E-state index contributed by atoms with van der Waals surface area (Å²) in [7, 11) is 1.60. The maximum absolute atomic E-state index is 13.4. The highest BCUT2D eigenvalue weighted by Crippen LogP contribution is 2.12. The van der Waals surface area contributed by atoms with E-state index in [0.717, 1.165) is 6.07 Å². The molecule has 0 aromatic heterocycles. The monoisotopic (exact) mass is 260 g/mol. The Labute approximate surface area is 104 Å². The zero-order chi connectivity index (χ0) is 13.5. The predicted molar refractivity (Wildman–Crippen MR) is 61.7 cm³/mol. The molecule has 3 nitrogen and oxygen atoms in total. The predicted octanol–water partition coefficient (Wildman–Crippen LogP) is 1.48. The van der Waals surface area contributed by atoms with Gasteiger partial charge in [0.1, 0.15) is 6.67 Å². The summed E-state index contributed by atoms with van der Waals surface area (Å²) in [5, 5.41) is 2.35. The number of carbonyl (C=O) groups is 1. The minimum Gasteiger partial charge on any atom is -0.352 e. The van der Waals surface area contributed by atoms with E-state index in [1.54, 1.807) is 7.05 Å². The molecule has 1 N–H and O–H groups in total. The van der Waals surface area contributed by atoms with Crippen LogP contribution >= 0.6 is 0 Å². The van der Waals surface area contributed by atoms with E-state index in [1.807, 2.05) is 0 Å². The summed E-state index contributed by atoms with van der Waals surface area (Å²) >= 11 is 0. The lowest BCUT2D eigenvalue weighted by molar-refractivity contribution is -0.122. The number of rotatable bonds is 6. The molecule has 0 aliphatic rings. The first-order chi connectivity index (χ1) is 8.54. The van der Waals surface area contributed by atoms with E-state index in [2.05, 4.69) is 5.32 Å². The fourth-order valence-electron chi connectivity index (χ4n) is 1.50. The summed E-state index contributed by atoms with van der Waals surface area (Å²) in [5.74, 6) is -2.18. The average Bonchev–Trinajstić information content (AvgIpc) is 2.32. The van der Waals surface area contributed by atoms with Crippen LogP contribution in [0.2, 0.25) is 0 Å². The molecule has 0 aliphatic carbocycles. The Morgan fingerprint density at radius 2 is 2.11 bits per heavy atom. The number of nitrogens with zero attached hydrogens (tertiary/aromatic N) is 1. The van der Waals surface area contributed by atoms with E-state index in [-0.39, 0.29) is 31.1 Å². The van der Waals surface area contributed by atoms with Gasteiger partial charge >= 0.3 is 0 Å². The fraction of sp³-hybridized carbons (Fsp3) is 0.417. The highest BCUT2D eigenvalue weighted by atomic mass is 19.2. The van der Waals surface area contributed by atoms with Gasteiger partial charge in [0, 0.05) is 18.7 Å². The minimum atomic E-state index is -0.914. The van der Waals surface area contributed by atoms with E-state index in [4.69, 9.17) is 0 Å². The van der Waals surface area contributed by atoms with Gasteiger partial charge < -0.3 is 5.32 Å². The Morgan fingerprint density at radius 1 is 1.39 bits per heavy atom. The third-order valence-electron chi connectivity index (χ3n) is 2.30. The van der Waals surface area contributed by atoms with Gasteiger partial charge in [-0.3, -0.25) is 9.69 Å². The molecule has 100 valence electrons. The van der Waals surface area contributed by atoms with Crippen molar-refractivity contribution in [3.63, 3.8) is 0 Å². The maximum Gasteiger partial charge on any atom is 0.234 e. The summed E-state index contributed by atoms with van der Waals surface area (Å²) < 4.78 is 38.1. The third kappa shape index (κ3) is 4.37. The standard InChI is InChI=1S/C12H15F3N2O/c1-17(8-11(18)16-6-5-13)7-9-3-2-4-10(14)12(9)15/h2-4H,5-8H2,1H3,(H,16,18). The molecule has 6 heteroatoms. The van der Waals surface area contributed by atoms with Crippen LogP contribution in [0.4, 0.5) is 13.2 Å². The molecule has 1 aromatic carbocycles. The zero-order valence-corrected chi connectivity index (χ0v) is 10.0.